The van der Waals surface area contributed by atoms with E-state index in [-0.39, 0.29) is 18.0 Å². The molecule has 0 aliphatic rings. The van der Waals surface area contributed by atoms with Gasteiger partial charge >= 0.3 is 0 Å². The van der Waals surface area contributed by atoms with Crippen LogP contribution < -0.4 is 5.32 Å². The molecule has 0 aliphatic carbocycles. The van der Waals surface area contributed by atoms with Crippen molar-refractivity contribution in [2.75, 3.05) is 5.32 Å². The third-order valence-corrected chi connectivity index (χ3v) is 3.91. The summed E-state index contributed by atoms with van der Waals surface area (Å²) in [6, 6.07) is 9.86. The summed E-state index contributed by atoms with van der Waals surface area (Å²) in [5.41, 5.74) is 1.87. The highest BCUT2D eigenvalue weighted by Gasteiger charge is 2.10. The molecule has 21 heavy (non-hydrogen) atoms. The molecule has 2 rings (SSSR count). The van der Waals surface area contributed by atoms with Crippen LogP contribution in [0.2, 0.25) is 10.0 Å². The SMILES string of the molecule is Cc1ccc(F)c(NC(=O)CCc2cccc(Cl)c2Cl)c1. The molecule has 0 spiro atoms. The zero-order valence-corrected chi connectivity index (χ0v) is 12.9. The van der Waals surface area contributed by atoms with E-state index >= 15 is 0 Å². The van der Waals surface area contributed by atoms with Gasteiger partial charge in [0, 0.05) is 6.42 Å². The monoisotopic (exact) mass is 325 g/mol. The highest BCUT2D eigenvalue weighted by atomic mass is 35.5. The predicted molar refractivity (Wildman–Crippen MR) is 84.5 cm³/mol. The van der Waals surface area contributed by atoms with Crippen LogP contribution in [0.1, 0.15) is 17.5 Å². The van der Waals surface area contributed by atoms with E-state index in [1.807, 2.05) is 13.0 Å². The zero-order valence-electron chi connectivity index (χ0n) is 11.4. The third-order valence-electron chi connectivity index (χ3n) is 3.05. The molecule has 2 nitrogen and oxygen atoms in total. The maximum atomic E-state index is 13.6. The minimum absolute atomic E-state index is 0.192. The Labute approximate surface area is 132 Å². The predicted octanol–water partition coefficient (Wildman–Crippen LogP) is 5.01. The van der Waals surface area contributed by atoms with Gasteiger partial charge in [-0.15, -0.1) is 0 Å². The van der Waals surface area contributed by atoms with E-state index in [4.69, 9.17) is 23.2 Å². The Balaban J connectivity index is 1.99. The first-order valence-electron chi connectivity index (χ1n) is 6.46. The van der Waals surface area contributed by atoms with E-state index < -0.39 is 5.82 Å². The van der Waals surface area contributed by atoms with E-state index in [2.05, 4.69) is 5.32 Å². The van der Waals surface area contributed by atoms with Crippen LogP contribution in [0.3, 0.4) is 0 Å². The van der Waals surface area contributed by atoms with Crippen LogP contribution in [-0.4, -0.2) is 5.91 Å². The van der Waals surface area contributed by atoms with Crippen LogP contribution >= 0.6 is 23.2 Å². The van der Waals surface area contributed by atoms with E-state index in [1.54, 1.807) is 24.3 Å². The van der Waals surface area contributed by atoms with Crippen LogP contribution in [0.15, 0.2) is 36.4 Å². The average Bonchev–Trinajstić information content (AvgIpc) is 2.44. The number of halogens is 3. The van der Waals surface area contributed by atoms with Crippen molar-refractivity contribution in [3.63, 3.8) is 0 Å². The molecule has 0 fully saturated rings. The molecule has 0 saturated heterocycles. The highest BCUT2D eigenvalue weighted by Crippen LogP contribution is 2.26. The maximum Gasteiger partial charge on any atom is 0.224 e. The second-order valence-corrected chi connectivity index (χ2v) is 5.53. The number of carbonyl (C=O) groups is 1. The summed E-state index contributed by atoms with van der Waals surface area (Å²) in [6.07, 6.45) is 0.645. The molecular formula is C16H14Cl2FNO. The lowest BCUT2D eigenvalue weighted by molar-refractivity contribution is -0.116. The molecule has 110 valence electrons. The van der Waals surface area contributed by atoms with Crippen molar-refractivity contribution in [3.05, 3.63) is 63.4 Å². The summed E-state index contributed by atoms with van der Waals surface area (Å²) < 4.78 is 13.6. The van der Waals surface area contributed by atoms with Crippen molar-refractivity contribution in [2.24, 2.45) is 0 Å². The Kier molecular flexibility index (Phi) is 5.21. The fourth-order valence-corrected chi connectivity index (χ4v) is 2.35. The van der Waals surface area contributed by atoms with Gasteiger partial charge in [0.2, 0.25) is 5.91 Å². The average molecular weight is 326 g/mol. The van der Waals surface area contributed by atoms with Gasteiger partial charge in [-0.1, -0.05) is 41.4 Å². The van der Waals surface area contributed by atoms with Gasteiger partial charge < -0.3 is 5.32 Å². The Bertz CT molecular complexity index is 673. The van der Waals surface area contributed by atoms with Gasteiger partial charge in [0.25, 0.3) is 0 Å². The second kappa shape index (κ2) is 6.92. The molecule has 0 aromatic heterocycles. The molecule has 2 aromatic carbocycles. The summed E-state index contributed by atoms with van der Waals surface area (Å²) >= 11 is 12.0. The highest BCUT2D eigenvalue weighted by molar-refractivity contribution is 6.42. The number of benzene rings is 2. The molecule has 0 atom stereocenters. The number of hydrogen-bond acceptors (Lipinski definition) is 1. The van der Waals surface area contributed by atoms with Gasteiger partial charge in [-0.3, -0.25) is 4.79 Å². The van der Waals surface area contributed by atoms with Gasteiger partial charge in [-0.05, 0) is 42.7 Å². The summed E-state index contributed by atoms with van der Waals surface area (Å²) in [5, 5.41) is 3.48. The van der Waals surface area contributed by atoms with E-state index in [9.17, 15) is 9.18 Å². The Morgan fingerprint density at radius 2 is 2.00 bits per heavy atom. The van der Waals surface area contributed by atoms with Gasteiger partial charge in [-0.25, -0.2) is 4.39 Å². The lowest BCUT2D eigenvalue weighted by Crippen LogP contribution is -2.13. The van der Waals surface area contributed by atoms with Crippen molar-refractivity contribution >= 4 is 34.8 Å². The third kappa shape index (κ3) is 4.19. The van der Waals surface area contributed by atoms with Gasteiger partial charge in [0.15, 0.2) is 0 Å². The summed E-state index contributed by atoms with van der Waals surface area (Å²) in [6.45, 7) is 1.83. The molecule has 0 bridgehead atoms. The summed E-state index contributed by atoms with van der Waals surface area (Å²) in [7, 11) is 0. The molecule has 0 saturated carbocycles. The molecule has 0 radical (unpaired) electrons. The van der Waals surface area contributed by atoms with Gasteiger partial charge in [-0.2, -0.15) is 0 Å². The summed E-state index contributed by atoms with van der Waals surface area (Å²) in [4.78, 5) is 11.9. The first kappa shape index (κ1) is 15.8. The first-order valence-corrected chi connectivity index (χ1v) is 7.22. The molecule has 5 heteroatoms. The minimum atomic E-state index is -0.449. The second-order valence-electron chi connectivity index (χ2n) is 4.74. The van der Waals surface area contributed by atoms with E-state index in [1.165, 1.54) is 6.07 Å². The molecule has 1 N–H and O–H groups in total. The Morgan fingerprint density at radius 3 is 2.76 bits per heavy atom. The lowest BCUT2D eigenvalue weighted by Gasteiger charge is -2.08. The van der Waals surface area contributed by atoms with Crippen LogP contribution in [0.25, 0.3) is 0 Å². The Morgan fingerprint density at radius 1 is 1.24 bits per heavy atom. The number of anilines is 1. The van der Waals surface area contributed by atoms with Crippen LogP contribution in [0.5, 0.6) is 0 Å². The molecule has 1 amide bonds. The van der Waals surface area contributed by atoms with Gasteiger partial charge in [0.05, 0.1) is 15.7 Å². The van der Waals surface area contributed by atoms with Crippen molar-refractivity contribution in [3.8, 4) is 0 Å². The number of nitrogens with one attached hydrogen (secondary N) is 1. The number of carbonyl (C=O) groups excluding carboxylic acids is 1. The largest absolute Gasteiger partial charge is 0.324 e. The lowest BCUT2D eigenvalue weighted by atomic mass is 10.1. The minimum Gasteiger partial charge on any atom is -0.324 e. The van der Waals surface area contributed by atoms with Gasteiger partial charge in [0.1, 0.15) is 5.82 Å². The molecule has 0 aliphatic heterocycles. The Hall–Kier alpha value is -1.58. The fraction of sp³-hybridized carbons (Fsp3) is 0.188. The standard InChI is InChI=1S/C16H14Cl2FNO/c1-10-5-7-13(19)14(9-10)20-15(21)8-6-11-3-2-4-12(17)16(11)18/h2-5,7,9H,6,8H2,1H3,(H,20,21). The molecule has 2 aromatic rings. The molecular weight excluding hydrogens is 312 g/mol. The quantitative estimate of drug-likeness (QED) is 0.840. The van der Waals surface area contributed by atoms with Crippen molar-refractivity contribution in [1.82, 2.24) is 0 Å². The number of amides is 1. The van der Waals surface area contributed by atoms with Crippen molar-refractivity contribution in [2.45, 2.75) is 19.8 Å². The zero-order chi connectivity index (χ0) is 15.4. The normalized spacial score (nSPS) is 10.5. The van der Waals surface area contributed by atoms with Crippen LogP contribution in [-0.2, 0) is 11.2 Å². The molecule has 0 unspecified atom stereocenters. The van der Waals surface area contributed by atoms with Crippen molar-refractivity contribution < 1.29 is 9.18 Å². The number of hydrogen-bond donors (Lipinski definition) is 1. The smallest absolute Gasteiger partial charge is 0.224 e. The number of rotatable bonds is 4. The number of aryl methyl sites for hydroxylation is 2. The van der Waals surface area contributed by atoms with E-state index in [0.717, 1.165) is 11.1 Å². The summed E-state index contributed by atoms with van der Waals surface area (Å²) in [5.74, 6) is -0.717. The fourth-order valence-electron chi connectivity index (χ4n) is 1.94. The maximum absolute atomic E-state index is 13.6. The molecule has 0 heterocycles. The van der Waals surface area contributed by atoms with E-state index in [0.29, 0.717) is 16.5 Å². The van der Waals surface area contributed by atoms with Crippen LogP contribution in [0.4, 0.5) is 10.1 Å². The van der Waals surface area contributed by atoms with Crippen molar-refractivity contribution in [1.29, 1.82) is 0 Å². The van der Waals surface area contributed by atoms with Crippen LogP contribution in [0, 0.1) is 12.7 Å². The first-order chi connectivity index (χ1) is 9.97. The topological polar surface area (TPSA) is 29.1 Å².